The van der Waals surface area contributed by atoms with E-state index in [1.54, 1.807) is 24.4 Å². The molecule has 0 aliphatic rings. The molecule has 5 heteroatoms. The molecule has 0 saturated heterocycles. The highest BCUT2D eigenvalue weighted by molar-refractivity contribution is 7.96. The quantitative estimate of drug-likeness (QED) is 0.458. The van der Waals surface area contributed by atoms with Gasteiger partial charge in [-0.15, -0.1) is 0 Å². The summed E-state index contributed by atoms with van der Waals surface area (Å²) in [5, 5.41) is -0.448. The van der Waals surface area contributed by atoms with Crippen LogP contribution < -0.4 is 10.9 Å². The summed E-state index contributed by atoms with van der Waals surface area (Å²) in [5.74, 6) is 0.579. The van der Waals surface area contributed by atoms with Crippen molar-refractivity contribution in [3.05, 3.63) is 24.4 Å². The van der Waals surface area contributed by atoms with Crippen LogP contribution in [-0.4, -0.2) is 10.2 Å². The minimum atomic E-state index is -0.448. The van der Waals surface area contributed by atoms with E-state index >= 15 is 0 Å². The lowest BCUT2D eigenvalue weighted by atomic mass is 10.5. The zero-order valence-electron chi connectivity index (χ0n) is 5.61. The third-order valence-corrected chi connectivity index (χ3v) is 1.07. The van der Waals surface area contributed by atoms with Crippen molar-refractivity contribution in [2.45, 2.75) is 0 Å². The van der Waals surface area contributed by atoms with Gasteiger partial charge in [-0.05, 0) is 12.1 Å². The number of nitrogens with one attached hydrogen (secondary N) is 2. The second kappa shape index (κ2) is 3.82. The first kappa shape index (κ1) is 7.87. The number of hydrogen-bond acceptors (Lipinski definition) is 3. The molecule has 0 aliphatic heterocycles. The van der Waals surface area contributed by atoms with Crippen LogP contribution in [0, 0.1) is 0 Å². The number of pyridine rings is 1. The standard InChI is InChI=1S/C6H7N3OS/c10-6(11)9-8-5-3-1-2-4-7-5/h1-4H,(H,7,8)(H2,9,10,11). The number of aromatic nitrogens is 1. The fourth-order valence-corrected chi connectivity index (χ4v) is 0.610. The monoisotopic (exact) mass is 169 g/mol. The van der Waals surface area contributed by atoms with Crippen LogP contribution in [-0.2, 0) is 0 Å². The molecule has 1 aromatic rings. The zero-order chi connectivity index (χ0) is 8.10. The summed E-state index contributed by atoms with van der Waals surface area (Å²) in [6.45, 7) is 0. The van der Waals surface area contributed by atoms with Gasteiger partial charge in [0.2, 0.25) is 0 Å². The molecular formula is C6H7N3OS. The Balaban J connectivity index is 2.45. The van der Waals surface area contributed by atoms with E-state index in [1.165, 1.54) is 0 Å². The maximum Gasteiger partial charge on any atom is 0.294 e. The van der Waals surface area contributed by atoms with Crippen molar-refractivity contribution in [2.75, 3.05) is 5.43 Å². The van der Waals surface area contributed by atoms with Crippen LogP contribution in [0.1, 0.15) is 0 Å². The Bertz CT molecular complexity index is 239. The van der Waals surface area contributed by atoms with E-state index in [1.807, 2.05) is 0 Å². The Labute approximate surface area is 69.4 Å². The van der Waals surface area contributed by atoms with E-state index in [-0.39, 0.29) is 0 Å². The van der Waals surface area contributed by atoms with Gasteiger partial charge in [0, 0.05) is 6.20 Å². The van der Waals surface area contributed by atoms with E-state index in [9.17, 15) is 4.79 Å². The topological polar surface area (TPSA) is 54.0 Å². The molecule has 0 spiro atoms. The zero-order valence-corrected chi connectivity index (χ0v) is 6.51. The van der Waals surface area contributed by atoms with Crippen LogP contribution in [0.3, 0.4) is 0 Å². The minimum absolute atomic E-state index is 0.448. The van der Waals surface area contributed by atoms with Crippen LogP contribution >= 0.6 is 12.6 Å². The second-order valence-corrected chi connectivity index (χ2v) is 2.18. The summed E-state index contributed by atoms with van der Waals surface area (Å²) in [5.41, 5.74) is 4.83. The fourth-order valence-electron chi connectivity index (χ4n) is 0.554. The highest BCUT2D eigenvalue weighted by atomic mass is 32.1. The lowest BCUT2D eigenvalue weighted by Gasteiger charge is -2.02. The third kappa shape index (κ3) is 2.90. The molecule has 0 atom stereocenters. The lowest BCUT2D eigenvalue weighted by molar-refractivity contribution is 0.262. The second-order valence-electron chi connectivity index (χ2n) is 1.77. The summed E-state index contributed by atoms with van der Waals surface area (Å²) in [7, 11) is 0. The Morgan fingerprint density at radius 3 is 2.91 bits per heavy atom. The molecule has 58 valence electrons. The normalized spacial score (nSPS) is 8.82. The van der Waals surface area contributed by atoms with Crippen LogP contribution in [0.4, 0.5) is 10.6 Å². The number of thiol groups is 1. The minimum Gasteiger partial charge on any atom is -0.281 e. The summed E-state index contributed by atoms with van der Waals surface area (Å²) >= 11 is 3.49. The molecule has 0 aromatic carbocycles. The Hall–Kier alpha value is -1.23. The summed E-state index contributed by atoms with van der Waals surface area (Å²) in [4.78, 5) is 14.2. The maximum atomic E-state index is 10.3. The van der Waals surface area contributed by atoms with Crippen molar-refractivity contribution in [3.63, 3.8) is 0 Å². The number of carbonyl (C=O) groups is 1. The van der Waals surface area contributed by atoms with E-state index in [0.717, 1.165) is 0 Å². The van der Waals surface area contributed by atoms with Gasteiger partial charge in [-0.3, -0.25) is 15.6 Å². The molecule has 1 aromatic heterocycles. The van der Waals surface area contributed by atoms with Gasteiger partial charge in [-0.25, -0.2) is 4.98 Å². The lowest BCUT2D eigenvalue weighted by Crippen LogP contribution is -2.24. The molecule has 11 heavy (non-hydrogen) atoms. The molecule has 0 radical (unpaired) electrons. The average Bonchev–Trinajstić information content (AvgIpc) is 2.03. The number of anilines is 1. The van der Waals surface area contributed by atoms with Gasteiger partial charge in [0.25, 0.3) is 5.24 Å². The van der Waals surface area contributed by atoms with Crippen molar-refractivity contribution in [1.29, 1.82) is 0 Å². The van der Waals surface area contributed by atoms with Crippen molar-refractivity contribution in [2.24, 2.45) is 0 Å². The van der Waals surface area contributed by atoms with Crippen LogP contribution in [0.5, 0.6) is 0 Å². The number of hydrogen-bond donors (Lipinski definition) is 3. The number of hydrazine groups is 1. The first-order valence-electron chi connectivity index (χ1n) is 2.95. The predicted molar refractivity (Wildman–Crippen MR) is 45.4 cm³/mol. The molecule has 2 N–H and O–H groups in total. The maximum absolute atomic E-state index is 10.3. The van der Waals surface area contributed by atoms with Gasteiger partial charge >= 0.3 is 0 Å². The van der Waals surface area contributed by atoms with Crippen LogP contribution in [0.15, 0.2) is 24.4 Å². The largest absolute Gasteiger partial charge is 0.294 e. The average molecular weight is 169 g/mol. The number of carbonyl (C=O) groups excluding carboxylic acids is 1. The number of amides is 1. The SMILES string of the molecule is O=C(S)NNc1ccccn1. The number of rotatable bonds is 2. The fraction of sp³-hybridized carbons (Fsp3) is 0. The van der Waals surface area contributed by atoms with Gasteiger partial charge in [0.15, 0.2) is 0 Å². The summed E-state index contributed by atoms with van der Waals surface area (Å²) in [6, 6.07) is 5.32. The molecule has 1 rings (SSSR count). The highest BCUT2D eigenvalue weighted by Gasteiger charge is 1.90. The molecule has 4 nitrogen and oxygen atoms in total. The molecule has 0 bridgehead atoms. The van der Waals surface area contributed by atoms with Crippen molar-refractivity contribution >= 4 is 23.7 Å². The summed E-state index contributed by atoms with van der Waals surface area (Å²) in [6.07, 6.45) is 1.62. The molecule has 0 unspecified atom stereocenters. The van der Waals surface area contributed by atoms with Crippen LogP contribution in [0.25, 0.3) is 0 Å². The molecule has 1 amide bonds. The Morgan fingerprint density at radius 1 is 1.55 bits per heavy atom. The van der Waals surface area contributed by atoms with E-state index < -0.39 is 5.24 Å². The Kier molecular flexibility index (Phi) is 2.74. The predicted octanol–water partition coefficient (Wildman–Crippen LogP) is 1.05. The van der Waals surface area contributed by atoms with Gasteiger partial charge in [0.05, 0.1) is 0 Å². The van der Waals surface area contributed by atoms with Crippen molar-refractivity contribution < 1.29 is 4.79 Å². The Morgan fingerprint density at radius 2 is 2.36 bits per heavy atom. The van der Waals surface area contributed by atoms with Crippen LogP contribution in [0.2, 0.25) is 0 Å². The van der Waals surface area contributed by atoms with E-state index in [2.05, 4.69) is 28.5 Å². The molecule has 0 fully saturated rings. The van der Waals surface area contributed by atoms with E-state index in [4.69, 9.17) is 0 Å². The first-order valence-corrected chi connectivity index (χ1v) is 3.40. The molecule has 1 heterocycles. The van der Waals surface area contributed by atoms with Crippen molar-refractivity contribution in [1.82, 2.24) is 10.4 Å². The molecular weight excluding hydrogens is 162 g/mol. The van der Waals surface area contributed by atoms with Gasteiger partial charge < -0.3 is 0 Å². The third-order valence-electron chi connectivity index (χ3n) is 0.962. The summed E-state index contributed by atoms with van der Waals surface area (Å²) < 4.78 is 0. The van der Waals surface area contributed by atoms with Crippen molar-refractivity contribution in [3.8, 4) is 0 Å². The van der Waals surface area contributed by atoms with Gasteiger partial charge in [-0.1, -0.05) is 18.7 Å². The van der Waals surface area contributed by atoms with Gasteiger partial charge in [-0.2, -0.15) is 0 Å². The smallest absolute Gasteiger partial charge is 0.281 e. The highest BCUT2D eigenvalue weighted by Crippen LogP contribution is 1.96. The molecule has 0 aliphatic carbocycles. The molecule has 0 saturated carbocycles. The van der Waals surface area contributed by atoms with Gasteiger partial charge in [0.1, 0.15) is 5.82 Å². The number of nitrogens with zero attached hydrogens (tertiary/aromatic N) is 1. The first-order chi connectivity index (χ1) is 5.29. The van der Waals surface area contributed by atoms with E-state index in [0.29, 0.717) is 5.82 Å².